The van der Waals surface area contributed by atoms with Gasteiger partial charge in [0.2, 0.25) is 0 Å². The van der Waals surface area contributed by atoms with E-state index >= 15 is 0 Å². The molecule has 0 unspecified atom stereocenters. The highest BCUT2D eigenvalue weighted by Gasteiger charge is 2.24. The Morgan fingerprint density at radius 3 is 2.50 bits per heavy atom. The molecule has 4 aromatic rings. The molecule has 34 heavy (non-hydrogen) atoms. The summed E-state index contributed by atoms with van der Waals surface area (Å²) in [5.41, 5.74) is 10.3. The van der Waals surface area contributed by atoms with Crippen LogP contribution in [0, 0.1) is 6.92 Å². The predicted octanol–water partition coefficient (Wildman–Crippen LogP) is 4.42. The second-order valence-electron chi connectivity index (χ2n) is 9.58. The van der Waals surface area contributed by atoms with Gasteiger partial charge in [0.25, 0.3) is 6.01 Å². The average Bonchev–Trinajstić information content (AvgIpc) is 3.35. The smallest absolute Gasteiger partial charge is 0.292 e. The molecule has 0 amide bonds. The van der Waals surface area contributed by atoms with Crippen molar-refractivity contribution in [3.05, 3.63) is 47.8 Å². The van der Waals surface area contributed by atoms with Gasteiger partial charge in [0.05, 0.1) is 24.1 Å². The standard InChI is InChI=1S/C26H33N5O3/c1-16-20(21-15-29-25(27)34-21)14-28-24-22(16)19(13-26(2,3)32)23(30-24)17-7-9-18(10-8-17)33-12-6-11-31(4)5/h7-10,14-15,32H,6,11-13H2,1-5H3,(H2,27,29)(H,28,30). The van der Waals surface area contributed by atoms with Crippen molar-refractivity contribution in [3.63, 3.8) is 0 Å². The number of H-pyrrole nitrogens is 1. The number of aliphatic hydroxyl groups is 1. The molecule has 0 fully saturated rings. The fraction of sp³-hybridized carbons (Fsp3) is 0.385. The number of aromatic amines is 1. The molecule has 3 aromatic heterocycles. The van der Waals surface area contributed by atoms with Gasteiger partial charge in [-0.1, -0.05) is 0 Å². The Kier molecular flexibility index (Phi) is 6.63. The van der Waals surface area contributed by atoms with Gasteiger partial charge in [-0.2, -0.15) is 0 Å². The van der Waals surface area contributed by atoms with Gasteiger partial charge >= 0.3 is 0 Å². The third-order valence-corrected chi connectivity index (χ3v) is 5.75. The molecule has 0 bridgehead atoms. The van der Waals surface area contributed by atoms with Gasteiger partial charge in [-0.05, 0) is 82.2 Å². The molecular weight excluding hydrogens is 430 g/mol. The fourth-order valence-corrected chi connectivity index (χ4v) is 4.19. The molecule has 180 valence electrons. The van der Waals surface area contributed by atoms with Crippen LogP contribution >= 0.6 is 0 Å². The zero-order chi connectivity index (χ0) is 24.5. The summed E-state index contributed by atoms with van der Waals surface area (Å²) in [6.07, 6.45) is 4.79. The highest BCUT2D eigenvalue weighted by molar-refractivity contribution is 5.94. The Balaban J connectivity index is 1.72. The van der Waals surface area contributed by atoms with Crippen LogP contribution in [0.1, 0.15) is 31.4 Å². The van der Waals surface area contributed by atoms with Crippen molar-refractivity contribution in [2.75, 3.05) is 33.0 Å². The zero-order valence-electron chi connectivity index (χ0n) is 20.5. The number of anilines is 1. The number of fused-ring (bicyclic) bond motifs is 1. The molecule has 8 heteroatoms. The van der Waals surface area contributed by atoms with E-state index in [4.69, 9.17) is 14.9 Å². The van der Waals surface area contributed by atoms with Crippen molar-refractivity contribution in [2.45, 2.75) is 39.2 Å². The average molecular weight is 464 g/mol. The molecule has 0 saturated heterocycles. The maximum atomic E-state index is 10.7. The van der Waals surface area contributed by atoms with E-state index in [1.54, 1.807) is 12.4 Å². The number of pyridine rings is 1. The second-order valence-corrected chi connectivity index (χ2v) is 9.58. The van der Waals surface area contributed by atoms with Crippen LogP contribution in [0.2, 0.25) is 0 Å². The van der Waals surface area contributed by atoms with Gasteiger partial charge in [0.15, 0.2) is 5.76 Å². The molecule has 0 atom stereocenters. The number of hydrogen-bond donors (Lipinski definition) is 3. The van der Waals surface area contributed by atoms with Crippen LogP contribution in [0.25, 0.3) is 33.6 Å². The summed E-state index contributed by atoms with van der Waals surface area (Å²) in [5.74, 6) is 1.40. The van der Waals surface area contributed by atoms with Crippen LogP contribution in [0.4, 0.5) is 6.01 Å². The fourth-order valence-electron chi connectivity index (χ4n) is 4.19. The van der Waals surface area contributed by atoms with E-state index in [1.807, 2.05) is 45.0 Å². The van der Waals surface area contributed by atoms with Crippen molar-refractivity contribution in [3.8, 4) is 28.3 Å². The SMILES string of the molecule is Cc1c(-c2cnc(N)o2)cnc2[nH]c(-c3ccc(OCCCN(C)C)cc3)c(CC(C)(C)O)c12. The lowest BCUT2D eigenvalue weighted by Gasteiger charge is -2.18. The van der Waals surface area contributed by atoms with E-state index in [9.17, 15) is 5.11 Å². The first-order chi connectivity index (χ1) is 16.1. The number of rotatable bonds is 9. The zero-order valence-corrected chi connectivity index (χ0v) is 20.5. The quantitative estimate of drug-likeness (QED) is 0.315. The first-order valence-corrected chi connectivity index (χ1v) is 11.4. The first kappa shape index (κ1) is 23.8. The largest absolute Gasteiger partial charge is 0.494 e. The molecular formula is C26H33N5O3. The molecule has 1 aromatic carbocycles. The van der Waals surface area contributed by atoms with Crippen LogP contribution in [-0.4, -0.2) is 57.8 Å². The highest BCUT2D eigenvalue weighted by Crippen LogP contribution is 2.38. The lowest BCUT2D eigenvalue weighted by atomic mass is 9.92. The molecule has 0 radical (unpaired) electrons. The number of aromatic nitrogens is 3. The minimum atomic E-state index is -0.904. The van der Waals surface area contributed by atoms with Crippen LogP contribution in [-0.2, 0) is 6.42 Å². The van der Waals surface area contributed by atoms with Crippen LogP contribution < -0.4 is 10.5 Å². The summed E-state index contributed by atoms with van der Waals surface area (Å²) < 4.78 is 11.4. The van der Waals surface area contributed by atoms with Crippen LogP contribution in [0.3, 0.4) is 0 Å². The third kappa shape index (κ3) is 5.24. The van der Waals surface area contributed by atoms with Gasteiger partial charge < -0.3 is 29.9 Å². The van der Waals surface area contributed by atoms with Crippen LogP contribution in [0.15, 0.2) is 41.1 Å². The van der Waals surface area contributed by atoms with Gasteiger partial charge in [0, 0.05) is 30.1 Å². The topological polar surface area (TPSA) is 113 Å². The van der Waals surface area contributed by atoms with Gasteiger partial charge in [-0.25, -0.2) is 9.97 Å². The molecule has 0 aliphatic carbocycles. The van der Waals surface area contributed by atoms with E-state index in [2.05, 4.69) is 33.9 Å². The van der Waals surface area contributed by atoms with Gasteiger partial charge in [0.1, 0.15) is 11.4 Å². The Morgan fingerprint density at radius 2 is 1.88 bits per heavy atom. The number of hydrogen-bond acceptors (Lipinski definition) is 7. The summed E-state index contributed by atoms with van der Waals surface area (Å²) in [7, 11) is 4.11. The highest BCUT2D eigenvalue weighted by atomic mass is 16.5. The third-order valence-electron chi connectivity index (χ3n) is 5.75. The molecule has 8 nitrogen and oxygen atoms in total. The van der Waals surface area contributed by atoms with Crippen LogP contribution in [0.5, 0.6) is 5.75 Å². The number of ether oxygens (including phenoxy) is 1. The van der Waals surface area contributed by atoms with Crippen molar-refractivity contribution >= 4 is 17.0 Å². The maximum Gasteiger partial charge on any atom is 0.292 e. The Morgan fingerprint density at radius 1 is 1.15 bits per heavy atom. The van der Waals surface area contributed by atoms with E-state index in [0.717, 1.165) is 57.7 Å². The van der Waals surface area contributed by atoms with Gasteiger partial charge in [-0.3, -0.25) is 0 Å². The minimum absolute atomic E-state index is 0.116. The molecule has 0 saturated carbocycles. The molecule has 0 aliphatic heterocycles. The normalized spacial score (nSPS) is 12.1. The number of oxazole rings is 1. The number of nitrogens with one attached hydrogen (secondary N) is 1. The number of aryl methyl sites for hydroxylation is 1. The molecule has 3 heterocycles. The summed E-state index contributed by atoms with van der Waals surface area (Å²) in [6, 6.07) is 8.14. The number of benzene rings is 1. The lowest BCUT2D eigenvalue weighted by Crippen LogP contribution is -2.22. The summed E-state index contributed by atoms with van der Waals surface area (Å²) >= 11 is 0. The number of nitrogens with zero attached hydrogens (tertiary/aromatic N) is 3. The lowest BCUT2D eigenvalue weighted by molar-refractivity contribution is 0.0814. The van der Waals surface area contributed by atoms with E-state index in [-0.39, 0.29) is 6.01 Å². The number of nitrogen functional groups attached to an aromatic ring is 1. The molecule has 0 spiro atoms. The predicted molar refractivity (Wildman–Crippen MR) is 135 cm³/mol. The summed E-state index contributed by atoms with van der Waals surface area (Å²) in [6.45, 7) is 7.30. The monoisotopic (exact) mass is 463 g/mol. The van der Waals surface area contributed by atoms with E-state index in [0.29, 0.717) is 18.8 Å². The van der Waals surface area contributed by atoms with E-state index in [1.165, 1.54) is 0 Å². The Labute approximate surface area is 199 Å². The number of nitrogens with two attached hydrogens (primary N) is 1. The first-order valence-electron chi connectivity index (χ1n) is 11.4. The summed E-state index contributed by atoms with van der Waals surface area (Å²) in [5, 5.41) is 11.7. The van der Waals surface area contributed by atoms with Gasteiger partial charge in [-0.15, -0.1) is 0 Å². The second kappa shape index (κ2) is 9.48. The molecule has 0 aliphatic rings. The van der Waals surface area contributed by atoms with Crippen molar-refractivity contribution in [2.24, 2.45) is 0 Å². The minimum Gasteiger partial charge on any atom is -0.494 e. The maximum absolute atomic E-state index is 10.7. The Hall–Kier alpha value is -3.36. The van der Waals surface area contributed by atoms with E-state index < -0.39 is 5.60 Å². The van der Waals surface area contributed by atoms with Crippen molar-refractivity contribution in [1.29, 1.82) is 0 Å². The molecule has 4 N–H and O–H groups in total. The van der Waals surface area contributed by atoms with Crippen molar-refractivity contribution < 1.29 is 14.3 Å². The summed E-state index contributed by atoms with van der Waals surface area (Å²) in [4.78, 5) is 14.3. The van der Waals surface area contributed by atoms with Crippen molar-refractivity contribution in [1.82, 2.24) is 19.9 Å². The Bertz CT molecular complexity index is 1270. The molecule has 4 rings (SSSR count).